The molecular formula is C25H39N9O2. The quantitative estimate of drug-likeness (QED) is 0.494. The van der Waals surface area contributed by atoms with Gasteiger partial charge >= 0.3 is 0 Å². The van der Waals surface area contributed by atoms with E-state index >= 15 is 0 Å². The van der Waals surface area contributed by atoms with E-state index in [1.807, 2.05) is 95.0 Å². The summed E-state index contributed by atoms with van der Waals surface area (Å²) in [7, 11) is 5.78. The van der Waals surface area contributed by atoms with Crippen LogP contribution in [0.4, 0.5) is 11.6 Å². The first kappa shape index (κ1) is 27.1. The molecule has 0 spiro atoms. The van der Waals surface area contributed by atoms with Gasteiger partial charge in [-0.3, -0.25) is 14.5 Å². The molecule has 0 atom stereocenters. The minimum absolute atomic E-state index is 0.0881. The van der Waals surface area contributed by atoms with Crippen LogP contribution < -0.4 is 10.6 Å². The van der Waals surface area contributed by atoms with Crippen molar-refractivity contribution < 1.29 is 9.59 Å². The van der Waals surface area contributed by atoms with Crippen molar-refractivity contribution in [2.45, 2.75) is 61.2 Å². The molecule has 2 N–H and O–H groups in total. The van der Waals surface area contributed by atoms with Crippen molar-refractivity contribution in [2.75, 3.05) is 10.6 Å². The second-order valence-corrected chi connectivity index (χ2v) is 11.3. The molecule has 0 aliphatic heterocycles. The molecule has 3 aromatic rings. The van der Waals surface area contributed by atoms with Crippen molar-refractivity contribution in [1.29, 1.82) is 0 Å². The van der Waals surface area contributed by atoms with E-state index in [0.29, 0.717) is 31.3 Å². The molecule has 36 heavy (non-hydrogen) atoms. The van der Waals surface area contributed by atoms with Crippen molar-refractivity contribution in [3.8, 4) is 0 Å². The maximum Gasteiger partial charge on any atom is 0.230 e. The molecule has 0 aliphatic rings. The number of nitrogens with zero attached hydrogens (tertiary/aromatic N) is 7. The largest absolute Gasteiger partial charge is 0.337 e. The molecule has 0 saturated carbocycles. The Hall–Kier alpha value is -3.47. The van der Waals surface area contributed by atoms with Crippen LogP contribution in [0.15, 0.2) is 24.8 Å². The average Bonchev–Trinajstić information content (AvgIpc) is 3.40. The molecule has 11 heteroatoms. The van der Waals surface area contributed by atoms with Gasteiger partial charge in [-0.15, -0.1) is 0 Å². The molecule has 0 aliphatic carbocycles. The molecular weight excluding hydrogens is 458 g/mol. The van der Waals surface area contributed by atoms with E-state index in [0.717, 1.165) is 17.5 Å². The Morgan fingerprint density at radius 1 is 0.750 bits per heavy atom. The maximum atomic E-state index is 12.4. The molecule has 3 heterocycles. The Labute approximate surface area is 212 Å². The highest BCUT2D eigenvalue weighted by molar-refractivity contribution is 5.94. The Morgan fingerprint density at radius 3 is 1.53 bits per heavy atom. The number of nitrogens with one attached hydrogen (secondary N) is 2. The van der Waals surface area contributed by atoms with E-state index in [2.05, 4.69) is 30.5 Å². The molecule has 3 aromatic heterocycles. The highest BCUT2D eigenvalue weighted by Crippen LogP contribution is 2.20. The minimum Gasteiger partial charge on any atom is -0.337 e. The summed E-state index contributed by atoms with van der Waals surface area (Å²) >= 11 is 0. The zero-order valence-corrected chi connectivity index (χ0v) is 22.9. The second kappa shape index (κ2) is 10.3. The summed E-state index contributed by atoms with van der Waals surface area (Å²) in [6, 6.07) is 0. The van der Waals surface area contributed by atoms with Gasteiger partial charge in [0.1, 0.15) is 17.5 Å². The number of amides is 2. The maximum absolute atomic E-state index is 12.4. The molecule has 0 saturated heterocycles. The smallest absolute Gasteiger partial charge is 0.230 e. The Kier molecular flexibility index (Phi) is 7.73. The number of hydrogen-bond acceptors (Lipinski definition) is 6. The van der Waals surface area contributed by atoms with Crippen LogP contribution in [-0.4, -0.2) is 45.4 Å². The van der Waals surface area contributed by atoms with Crippen molar-refractivity contribution in [1.82, 2.24) is 33.6 Å². The summed E-state index contributed by atoms with van der Waals surface area (Å²) in [5, 5.41) is 5.80. The number of anilines is 2. The van der Waals surface area contributed by atoms with Crippen LogP contribution in [0.5, 0.6) is 0 Å². The van der Waals surface area contributed by atoms with E-state index in [1.54, 1.807) is 6.20 Å². The third kappa shape index (κ3) is 6.81. The van der Waals surface area contributed by atoms with Crippen LogP contribution in [0.1, 0.15) is 59.0 Å². The lowest BCUT2D eigenvalue weighted by molar-refractivity contribution is -0.123. The molecule has 0 unspecified atom stereocenters. The molecule has 0 aromatic carbocycles. The Morgan fingerprint density at radius 2 is 1.17 bits per heavy atom. The van der Waals surface area contributed by atoms with Crippen molar-refractivity contribution >= 4 is 23.5 Å². The van der Waals surface area contributed by atoms with E-state index in [1.165, 1.54) is 0 Å². The summed E-state index contributed by atoms with van der Waals surface area (Å²) in [6.45, 7) is 12.8. The molecule has 196 valence electrons. The Bertz CT molecular complexity index is 1150. The van der Waals surface area contributed by atoms with Gasteiger partial charge in [-0.25, -0.2) is 15.0 Å². The van der Waals surface area contributed by atoms with Crippen LogP contribution in [0.3, 0.4) is 0 Å². The number of imidazole rings is 3. The number of carbonyl (C=O) groups excluding carboxylic acids is 2. The summed E-state index contributed by atoms with van der Waals surface area (Å²) in [6.07, 6.45) is 7.32. The van der Waals surface area contributed by atoms with Crippen molar-refractivity contribution in [3.63, 3.8) is 0 Å². The summed E-state index contributed by atoms with van der Waals surface area (Å²) in [5.74, 6) is 3.36. The van der Waals surface area contributed by atoms with Gasteiger partial charge in [-0.05, 0) is 0 Å². The topological polar surface area (TPSA) is 115 Å². The predicted octanol–water partition coefficient (Wildman–Crippen LogP) is 3.06. The number of aryl methyl sites for hydroxylation is 3. The van der Waals surface area contributed by atoms with E-state index in [4.69, 9.17) is 0 Å². The van der Waals surface area contributed by atoms with Gasteiger partial charge in [0.05, 0.1) is 19.6 Å². The molecule has 0 bridgehead atoms. The third-order valence-electron chi connectivity index (χ3n) is 5.81. The summed E-state index contributed by atoms with van der Waals surface area (Å²) < 4.78 is 5.81. The van der Waals surface area contributed by atoms with Gasteiger partial charge in [0, 0.05) is 56.8 Å². The fourth-order valence-electron chi connectivity index (χ4n) is 3.35. The molecule has 2 amide bonds. The number of carbonyl (C=O) groups is 2. The first-order valence-electron chi connectivity index (χ1n) is 12.0. The van der Waals surface area contributed by atoms with Crippen LogP contribution in [-0.2, 0) is 50.4 Å². The van der Waals surface area contributed by atoms with Gasteiger partial charge in [-0.1, -0.05) is 41.5 Å². The molecule has 0 fully saturated rings. The Balaban J connectivity index is 1.82. The fraction of sp³-hybridized carbons (Fsp3) is 0.560. The lowest BCUT2D eigenvalue weighted by Gasteiger charge is -2.21. The normalized spacial score (nSPS) is 12.3. The third-order valence-corrected chi connectivity index (χ3v) is 5.81. The van der Waals surface area contributed by atoms with Crippen molar-refractivity contribution in [2.24, 2.45) is 32.0 Å². The van der Waals surface area contributed by atoms with Gasteiger partial charge in [0.25, 0.3) is 0 Å². The first-order chi connectivity index (χ1) is 16.6. The van der Waals surface area contributed by atoms with Crippen LogP contribution in [0, 0.1) is 10.8 Å². The monoisotopic (exact) mass is 497 g/mol. The second-order valence-electron chi connectivity index (χ2n) is 11.3. The van der Waals surface area contributed by atoms with Gasteiger partial charge < -0.3 is 24.3 Å². The van der Waals surface area contributed by atoms with Crippen LogP contribution in [0.2, 0.25) is 0 Å². The van der Waals surface area contributed by atoms with Gasteiger partial charge in [0.15, 0.2) is 11.6 Å². The minimum atomic E-state index is -0.514. The predicted molar refractivity (Wildman–Crippen MR) is 139 cm³/mol. The highest BCUT2D eigenvalue weighted by atomic mass is 16.2. The summed E-state index contributed by atoms with van der Waals surface area (Å²) in [4.78, 5) is 40.8. The molecule has 11 nitrogen and oxygen atoms in total. The molecule has 0 radical (unpaired) electrons. The van der Waals surface area contributed by atoms with Crippen LogP contribution in [0.25, 0.3) is 0 Å². The van der Waals surface area contributed by atoms with Crippen LogP contribution >= 0.6 is 0 Å². The van der Waals surface area contributed by atoms with Gasteiger partial charge in [-0.2, -0.15) is 0 Å². The van der Waals surface area contributed by atoms with E-state index in [9.17, 15) is 9.59 Å². The standard InChI is InChI=1S/C25H39N9O2/c1-24(2,3)22(35)29-17-12-32(8)20(27-17)15-34(14-19-26-10-11-31(19)7)16-21-28-18(13-33(21)9)30-23(36)25(4,5)6/h10-13H,14-16H2,1-9H3,(H,29,35)(H,30,36). The number of rotatable bonds is 8. The SMILES string of the molecule is Cn1ccnc1CN(Cc1nc(NC(=O)C(C)(C)C)cn1C)Cc1nc(NC(=O)C(C)(C)C)cn1C. The number of aromatic nitrogens is 6. The first-order valence-corrected chi connectivity index (χ1v) is 12.0. The van der Waals surface area contributed by atoms with Crippen molar-refractivity contribution in [3.05, 3.63) is 42.3 Å². The van der Waals surface area contributed by atoms with E-state index < -0.39 is 10.8 Å². The van der Waals surface area contributed by atoms with E-state index in [-0.39, 0.29) is 11.8 Å². The number of hydrogen-bond donors (Lipinski definition) is 2. The highest BCUT2D eigenvalue weighted by Gasteiger charge is 2.24. The van der Waals surface area contributed by atoms with Gasteiger partial charge in [0.2, 0.25) is 11.8 Å². The lowest BCUT2D eigenvalue weighted by Crippen LogP contribution is -2.28. The fourth-order valence-corrected chi connectivity index (χ4v) is 3.35. The zero-order chi connectivity index (χ0) is 26.8. The summed E-state index contributed by atoms with van der Waals surface area (Å²) in [5.41, 5.74) is -1.03. The zero-order valence-electron chi connectivity index (χ0n) is 22.9. The lowest BCUT2D eigenvalue weighted by atomic mass is 9.96. The average molecular weight is 498 g/mol. The molecule has 3 rings (SSSR count).